The van der Waals surface area contributed by atoms with Crippen LogP contribution in [0, 0.1) is 17.2 Å². The molecule has 1 aromatic carbocycles. The van der Waals surface area contributed by atoms with Gasteiger partial charge in [-0.15, -0.1) is 5.10 Å². The van der Waals surface area contributed by atoms with Crippen LogP contribution < -0.4 is 11.5 Å². The van der Waals surface area contributed by atoms with Crippen molar-refractivity contribution in [2.24, 2.45) is 5.92 Å². The molecule has 1 heterocycles. The molecule has 1 aromatic heterocycles. The summed E-state index contributed by atoms with van der Waals surface area (Å²) in [6.45, 7) is 1.36. The summed E-state index contributed by atoms with van der Waals surface area (Å²) in [5, 5.41) is 13.3. The monoisotopic (exact) mass is 270 g/mol. The van der Waals surface area contributed by atoms with Crippen LogP contribution in [0.4, 0.5) is 11.9 Å². The lowest BCUT2D eigenvalue weighted by atomic mass is 9.91. The Hall–Kier alpha value is -2.88. The minimum absolute atomic E-state index is 0.00340. The molecule has 2 aromatic rings. The molecule has 0 radical (unpaired) electrons. The second kappa shape index (κ2) is 5.40. The summed E-state index contributed by atoms with van der Waals surface area (Å²) in [5.41, 5.74) is 12.0. The molecule has 0 saturated carbocycles. The molecular weight excluding hydrogens is 256 g/mol. The predicted octanol–water partition coefficient (Wildman–Crippen LogP) is 0.761. The van der Waals surface area contributed by atoms with Crippen molar-refractivity contribution in [3.05, 3.63) is 35.9 Å². The number of aromatic nitrogens is 3. The standard InChI is InChI=1S/C13H14N6O/c1-8(20)10(7-14)11(9-5-3-2-4-6-9)19-13(16)17-12(15)18-19/h2-6,10-11H,1H3,(H4,15,16,17,18). The highest BCUT2D eigenvalue weighted by molar-refractivity contribution is 5.82. The molecule has 2 unspecified atom stereocenters. The van der Waals surface area contributed by atoms with Gasteiger partial charge >= 0.3 is 0 Å². The molecule has 0 saturated heterocycles. The number of nitriles is 1. The SMILES string of the molecule is CC(=O)C(C#N)C(c1ccccc1)n1nc(N)nc1N. The highest BCUT2D eigenvalue weighted by atomic mass is 16.1. The van der Waals surface area contributed by atoms with Gasteiger partial charge in [0.2, 0.25) is 11.9 Å². The summed E-state index contributed by atoms with van der Waals surface area (Å²) in [5.74, 6) is -1.11. The topological polar surface area (TPSA) is 124 Å². The molecule has 0 aliphatic heterocycles. The fraction of sp³-hybridized carbons (Fsp3) is 0.231. The predicted molar refractivity (Wildman–Crippen MR) is 73.2 cm³/mol. The molecule has 2 rings (SSSR count). The highest BCUT2D eigenvalue weighted by Gasteiger charge is 2.31. The van der Waals surface area contributed by atoms with Gasteiger partial charge in [-0.2, -0.15) is 10.2 Å². The Kier molecular flexibility index (Phi) is 3.66. The highest BCUT2D eigenvalue weighted by Crippen LogP contribution is 2.28. The molecule has 0 aliphatic rings. The van der Waals surface area contributed by atoms with E-state index in [1.54, 1.807) is 12.1 Å². The summed E-state index contributed by atoms with van der Waals surface area (Å²) < 4.78 is 1.32. The Morgan fingerprint density at radius 3 is 2.45 bits per heavy atom. The van der Waals surface area contributed by atoms with Gasteiger partial charge in [0, 0.05) is 0 Å². The van der Waals surface area contributed by atoms with Gasteiger partial charge in [-0.1, -0.05) is 30.3 Å². The largest absolute Gasteiger partial charge is 0.368 e. The summed E-state index contributed by atoms with van der Waals surface area (Å²) in [6.07, 6.45) is 0. The van der Waals surface area contributed by atoms with Crippen LogP contribution >= 0.6 is 0 Å². The van der Waals surface area contributed by atoms with E-state index in [1.807, 2.05) is 24.3 Å². The first kappa shape index (κ1) is 13.5. The second-order valence-corrected chi connectivity index (χ2v) is 4.35. The number of benzene rings is 1. The van der Waals surface area contributed by atoms with Crippen LogP contribution in [-0.2, 0) is 4.79 Å². The third kappa shape index (κ3) is 2.44. The number of rotatable bonds is 4. The lowest BCUT2D eigenvalue weighted by molar-refractivity contribution is -0.120. The molecule has 0 amide bonds. The van der Waals surface area contributed by atoms with Gasteiger partial charge in [0.15, 0.2) is 0 Å². The minimum Gasteiger partial charge on any atom is -0.368 e. The fourth-order valence-corrected chi connectivity index (χ4v) is 2.07. The lowest BCUT2D eigenvalue weighted by Crippen LogP contribution is -2.27. The van der Waals surface area contributed by atoms with E-state index in [0.717, 1.165) is 5.56 Å². The zero-order valence-electron chi connectivity index (χ0n) is 10.9. The number of hydrogen-bond donors (Lipinski definition) is 2. The molecule has 7 heteroatoms. The number of anilines is 2. The van der Waals surface area contributed by atoms with Gasteiger partial charge < -0.3 is 11.5 Å². The van der Waals surface area contributed by atoms with Gasteiger partial charge in [0.1, 0.15) is 17.7 Å². The normalized spacial score (nSPS) is 13.4. The molecule has 0 fully saturated rings. The van der Waals surface area contributed by atoms with Crippen LogP contribution in [0.3, 0.4) is 0 Å². The first-order valence-corrected chi connectivity index (χ1v) is 5.97. The number of nitrogen functional groups attached to an aromatic ring is 2. The molecule has 0 spiro atoms. The first-order chi connectivity index (χ1) is 9.54. The Morgan fingerprint density at radius 2 is 2.00 bits per heavy atom. The van der Waals surface area contributed by atoms with E-state index in [0.29, 0.717) is 0 Å². The van der Waals surface area contributed by atoms with Crippen LogP contribution in [0.5, 0.6) is 0 Å². The Bertz CT molecular complexity index is 657. The van der Waals surface area contributed by atoms with Gasteiger partial charge in [-0.05, 0) is 12.5 Å². The average Bonchev–Trinajstić information content (AvgIpc) is 2.75. The van der Waals surface area contributed by atoms with Crippen molar-refractivity contribution >= 4 is 17.7 Å². The number of ketones is 1. The van der Waals surface area contributed by atoms with Crippen molar-refractivity contribution in [3.8, 4) is 6.07 Å². The van der Waals surface area contributed by atoms with Crippen molar-refractivity contribution in [1.82, 2.24) is 14.8 Å². The Labute approximate surface area is 115 Å². The maximum Gasteiger partial charge on any atom is 0.241 e. The molecule has 20 heavy (non-hydrogen) atoms. The smallest absolute Gasteiger partial charge is 0.241 e. The third-order valence-electron chi connectivity index (χ3n) is 2.97. The van der Waals surface area contributed by atoms with Crippen LogP contribution in [0.1, 0.15) is 18.5 Å². The van der Waals surface area contributed by atoms with Gasteiger partial charge in [-0.25, -0.2) is 4.68 Å². The number of nitrogens with two attached hydrogens (primary N) is 2. The van der Waals surface area contributed by atoms with E-state index in [9.17, 15) is 10.1 Å². The van der Waals surface area contributed by atoms with Crippen LogP contribution in [0.15, 0.2) is 30.3 Å². The van der Waals surface area contributed by atoms with Crippen molar-refractivity contribution in [2.45, 2.75) is 13.0 Å². The van der Waals surface area contributed by atoms with E-state index >= 15 is 0 Å². The van der Waals surface area contributed by atoms with E-state index in [-0.39, 0.29) is 17.7 Å². The summed E-state index contributed by atoms with van der Waals surface area (Å²) in [4.78, 5) is 15.5. The maximum absolute atomic E-state index is 11.7. The lowest BCUT2D eigenvalue weighted by Gasteiger charge is -2.21. The number of carbonyl (C=O) groups is 1. The van der Waals surface area contributed by atoms with Gasteiger partial charge in [0.25, 0.3) is 0 Å². The number of nitrogens with zero attached hydrogens (tertiary/aromatic N) is 4. The minimum atomic E-state index is -0.916. The molecule has 7 nitrogen and oxygen atoms in total. The zero-order chi connectivity index (χ0) is 14.7. The third-order valence-corrected chi connectivity index (χ3v) is 2.97. The van der Waals surface area contributed by atoms with Crippen molar-refractivity contribution in [3.63, 3.8) is 0 Å². The quantitative estimate of drug-likeness (QED) is 0.845. The number of hydrogen-bond acceptors (Lipinski definition) is 6. The van der Waals surface area contributed by atoms with Crippen molar-refractivity contribution in [2.75, 3.05) is 11.5 Å². The Balaban J connectivity index is 2.59. The summed E-state index contributed by atoms with van der Waals surface area (Å²) in [7, 11) is 0. The van der Waals surface area contributed by atoms with Gasteiger partial charge in [0.05, 0.1) is 6.07 Å². The molecule has 0 aliphatic carbocycles. The first-order valence-electron chi connectivity index (χ1n) is 5.97. The molecule has 2 atom stereocenters. The van der Waals surface area contributed by atoms with E-state index in [2.05, 4.69) is 10.1 Å². The maximum atomic E-state index is 11.7. The van der Waals surface area contributed by atoms with Crippen LogP contribution in [0.25, 0.3) is 0 Å². The van der Waals surface area contributed by atoms with E-state index in [1.165, 1.54) is 11.6 Å². The van der Waals surface area contributed by atoms with Crippen molar-refractivity contribution in [1.29, 1.82) is 5.26 Å². The van der Waals surface area contributed by atoms with Crippen LogP contribution in [-0.4, -0.2) is 20.5 Å². The van der Waals surface area contributed by atoms with E-state index in [4.69, 9.17) is 11.5 Å². The fourth-order valence-electron chi connectivity index (χ4n) is 2.07. The molecule has 4 N–H and O–H groups in total. The Morgan fingerprint density at radius 1 is 1.35 bits per heavy atom. The molecular formula is C13H14N6O. The second-order valence-electron chi connectivity index (χ2n) is 4.35. The summed E-state index contributed by atoms with van der Waals surface area (Å²) >= 11 is 0. The number of carbonyl (C=O) groups excluding carboxylic acids is 1. The molecule has 0 bridgehead atoms. The van der Waals surface area contributed by atoms with E-state index < -0.39 is 12.0 Å². The van der Waals surface area contributed by atoms with Gasteiger partial charge in [-0.3, -0.25) is 4.79 Å². The van der Waals surface area contributed by atoms with Crippen molar-refractivity contribution < 1.29 is 4.79 Å². The van der Waals surface area contributed by atoms with Crippen LogP contribution in [0.2, 0.25) is 0 Å². The zero-order valence-corrected chi connectivity index (χ0v) is 10.9. The summed E-state index contributed by atoms with van der Waals surface area (Å²) in [6, 6.07) is 10.4. The number of Topliss-reactive ketones (excluding diaryl/α,β-unsaturated/α-hetero) is 1. The molecule has 102 valence electrons. The average molecular weight is 270 g/mol.